The molecule has 1 fully saturated rings. The molecule has 0 bridgehead atoms. The smallest absolute Gasteiger partial charge is 0.247 e. The number of fused-ring (bicyclic) bond motifs is 3. The van der Waals surface area contributed by atoms with Gasteiger partial charge in [-0.25, -0.2) is 0 Å². The summed E-state index contributed by atoms with van der Waals surface area (Å²) in [5, 5.41) is 23.9. The maximum atomic E-state index is 12.9. The number of amides is 1. The van der Waals surface area contributed by atoms with E-state index in [1.165, 1.54) is 0 Å². The quantitative estimate of drug-likeness (QED) is 0.636. The summed E-state index contributed by atoms with van der Waals surface area (Å²) in [6, 6.07) is 3.86. The average Bonchev–Trinajstić information content (AvgIpc) is 2.69. The molecule has 1 aromatic rings. The first-order valence-corrected chi connectivity index (χ1v) is 11.8. The zero-order valence-corrected chi connectivity index (χ0v) is 19.5. The van der Waals surface area contributed by atoms with Crippen LogP contribution in [0.5, 0.6) is 11.5 Å². The van der Waals surface area contributed by atoms with Crippen molar-refractivity contribution in [1.29, 1.82) is 0 Å². The van der Waals surface area contributed by atoms with Crippen LogP contribution in [0.3, 0.4) is 0 Å². The first kappa shape index (κ1) is 22.2. The Labute approximate surface area is 185 Å². The van der Waals surface area contributed by atoms with Crippen LogP contribution in [-0.4, -0.2) is 33.9 Å². The third-order valence-corrected chi connectivity index (χ3v) is 7.80. The number of phenolic OH excluding ortho intramolecular Hbond substituents is 1. The van der Waals surface area contributed by atoms with Gasteiger partial charge in [-0.2, -0.15) is 0 Å². The fourth-order valence-electron chi connectivity index (χ4n) is 5.65. The van der Waals surface area contributed by atoms with Crippen LogP contribution in [0.2, 0.25) is 0 Å². The Morgan fingerprint density at radius 1 is 1.29 bits per heavy atom. The van der Waals surface area contributed by atoms with Crippen molar-refractivity contribution in [2.75, 3.05) is 0 Å². The molecule has 3 aliphatic rings. The molecule has 3 N–H and O–H groups in total. The Balaban J connectivity index is 1.65. The number of allylic oxidation sites excluding steroid dienone is 1. The van der Waals surface area contributed by atoms with Crippen molar-refractivity contribution in [3.8, 4) is 11.5 Å². The Morgan fingerprint density at radius 2 is 2.03 bits per heavy atom. The van der Waals surface area contributed by atoms with Gasteiger partial charge in [0, 0.05) is 23.0 Å². The normalized spacial score (nSPS) is 29.0. The molecule has 0 saturated heterocycles. The topological polar surface area (TPSA) is 78.8 Å². The number of hydrogen-bond acceptors (Lipinski definition) is 4. The van der Waals surface area contributed by atoms with Crippen molar-refractivity contribution >= 4 is 5.91 Å². The summed E-state index contributed by atoms with van der Waals surface area (Å²) in [4.78, 5) is 12.9. The summed E-state index contributed by atoms with van der Waals surface area (Å²) in [5.74, 6) is 1.15. The fraction of sp³-hybridized carbons (Fsp3) is 0.654. The van der Waals surface area contributed by atoms with Gasteiger partial charge < -0.3 is 20.3 Å². The number of rotatable bonds is 5. The van der Waals surface area contributed by atoms with Gasteiger partial charge in [0.2, 0.25) is 5.91 Å². The monoisotopic (exact) mass is 427 g/mol. The number of benzene rings is 1. The van der Waals surface area contributed by atoms with E-state index in [9.17, 15) is 15.0 Å². The minimum Gasteiger partial charge on any atom is -0.508 e. The van der Waals surface area contributed by atoms with Crippen molar-refractivity contribution in [3.05, 3.63) is 34.9 Å². The van der Waals surface area contributed by atoms with Gasteiger partial charge in [0.15, 0.2) is 0 Å². The van der Waals surface area contributed by atoms with E-state index in [1.807, 2.05) is 12.1 Å². The molecular formula is C26H37NO4. The van der Waals surface area contributed by atoms with Crippen LogP contribution in [0.15, 0.2) is 23.8 Å². The van der Waals surface area contributed by atoms with E-state index in [0.717, 1.165) is 54.6 Å². The van der Waals surface area contributed by atoms with E-state index in [2.05, 4.69) is 46.0 Å². The minimum atomic E-state index is -0.433. The lowest BCUT2D eigenvalue weighted by Gasteiger charge is -2.47. The van der Waals surface area contributed by atoms with Gasteiger partial charge >= 0.3 is 0 Å². The molecule has 0 aromatic heterocycles. The number of hydrogen-bond donors (Lipinski definition) is 3. The van der Waals surface area contributed by atoms with Gasteiger partial charge in [-0.15, -0.1) is 0 Å². The molecule has 0 spiro atoms. The Morgan fingerprint density at radius 3 is 2.65 bits per heavy atom. The standard InChI is InChI=1S/C26H37NO4/c1-6-11-25(2,3)16-13-21(29)23-17-12-15(24(30)27-19-9-10-20(19)28)7-8-18(17)26(4,5)31-22(23)14-16/h7,13-14,17-20,28-29H,6,8-12H2,1-5H3,(H,27,30)/t17-,18-,19?,20+/m1/s1. The summed E-state index contributed by atoms with van der Waals surface area (Å²) in [6.07, 6.45) is 6.57. The number of phenols is 1. The molecule has 5 nitrogen and oxygen atoms in total. The van der Waals surface area contributed by atoms with Crippen LogP contribution >= 0.6 is 0 Å². The van der Waals surface area contributed by atoms with Crippen LogP contribution in [0.1, 0.15) is 90.2 Å². The molecule has 2 aliphatic carbocycles. The van der Waals surface area contributed by atoms with Gasteiger partial charge in [-0.05, 0) is 69.1 Å². The number of nitrogens with one attached hydrogen (secondary N) is 1. The Bertz CT molecular complexity index is 901. The van der Waals surface area contributed by atoms with Crippen LogP contribution in [0.25, 0.3) is 0 Å². The van der Waals surface area contributed by atoms with Gasteiger partial charge in [0.1, 0.15) is 17.1 Å². The highest BCUT2D eigenvalue weighted by molar-refractivity contribution is 5.94. The number of carbonyl (C=O) groups excluding carboxylic acids is 1. The highest BCUT2D eigenvalue weighted by Gasteiger charge is 2.47. The van der Waals surface area contributed by atoms with Crippen LogP contribution in [0, 0.1) is 5.92 Å². The molecule has 1 heterocycles. The van der Waals surface area contributed by atoms with Gasteiger partial charge in [0.25, 0.3) is 0 Å². The lowest BCUT2D eigenvalue weighted by atomic mass is 9.66. The molecule has 4 atom stereocenters. The van der Waals surface area contributed by atoms with E-state index in [4.69, 9.17) is 4.74 Å². The molecule has 31 heavy (non-hydrogen) atoms. The molecule has 170 valence electrons. The van der Waals surface area contributed by atoms with Crippen molar-refractivity contribution in [2.45, 2.75) is 102 Å². The third kappa shape index (κ3) is 3.97. The SMILES string of the molecule is CCCC(C)(C)c1cc(O)c2c(c1)OC(C)(C)[C@@H]1CC=C(C(=O)NC3CC[C@@H]3O)C[C@@H]21. The Kier molecular flexibility index (Phi) is 5.61. The molecule has 1 aliphatic heterocycles. The predicted molar refractivity (Wildman–Crippen MR) is 121 cm³/mol. The third-order valence-electron chi connectivity index (χ3n) is 7.80. The number of aliphatic hydroxyl groups is 1. The van der Waals surface area contributed by atoms with Crippen LogP contribution in [-0.2, 0) is 10.2 Å². The second kappa shape index (κ2) is 7.84. The van der Waals surface area contributed by atoms with Gasteiger partial charge in [0.05, 0.1) is 12.1 Å². The van der Waals surface area contributed by atoms with Gasteiger partial charge in [-0.3, -0.25) is 4.79 Å². The molecule has 5 heteroatoms. The summed E-state index contributed by atoms with van der Waals surface area (Å²) in [6.45, 7) is 10.8. The van der Waals surface area contributed by atoms with Crippen LogP contribution in [0.4, 0.5) is 0 Å². The van der Waals surface area contributed by atoms with E-state index in [1.54, 1.807) is 0 Å². The average molecular weight is 428 g/mol. The summed E-state index contributed by atoms with van der Waals surface area (Å²) >= 11 is 0. The molecule has 0 radical (unpaired) electrons. The zero-order valence-electron chi connectivity index (χ0n) is 19.5. The molecule has 1 amide bonds. The minimum absolute atomic E-state index is 0.0270. The Hall–Kier alpha value is -2.01. The summed E-state index contributed by atoms with van der Waals surface area (Å²) in [5.41, 5.74) is 2.23. The number of aromatic hydroxyl groups is 1. The van der Waals surface area contributed by atoms with Gasteiger partial charge in [-0.1, -0.05) is 33.3 Å². The largest absolute Gasteiger partial charge is 0.508 e. The lowest BCUT2D eigenvalue weighted by molar-refractivity contribution is -0.120. The molecule has 1 unspecified atom stereocenters. The van der Waals surface area contributed by atoms with Crippen LogP contribution < -0.4 is 10.1 Å². The zero-order chi connectivity index (χ0) is 22.6. The maximum Gasteiger partial charge on any atom is 0.247 e. The van der Waals surface area contributed by atoms with Crippen molar-refractivity contribution < 1.29 is 19.7 Å². The van der Waals surface area contributed by atoms with E-state index in [0.29, 0.717) is 6.42 Å². The second-order valence-corrected chi connectivity index (χ2v) is 10.9. The van der Waals surface area contributed by atoms with E-state index >= 15 is 0 Å². The molecular weight excluding hydrogens is 390 g/mol. The number of ether oxygens (including phenoxy) is 1. The fourth-order valence-corrected chi connectivity index (χ4v) is 5.65. The number of aliphatic hydroxyl groups excluding tert-OH is 1. The maximum absolute atomic E-state index is 12.9. The highest BCUT2D eigenvalue weighted by Crippen LogP contribution is 2.55. The number of carbonyl (C=O) groups is 1. The van der Waals surface area contributed by atoms with Crippen molar-refractivity contribution in [1.82, 2.24) is 5.32 Å². The highest BCUT2D eigenvalue weighted by atomic mass is 16.5. The molecule has 4 rings (SSSR count). The molecule has 1 saturated carbocycles. The van der Waals surface area contributed by atoms with E-state index < -0.39 is 6.10 Å². The summed E-state index contributed by atoms with van der Waals surface area (Å²) in [7, 11) is 0. The van der Waals surface area contributed by atoms with E-state index in [-0.39, 0.29) is 40.6 Å². The van der Waals surface area contributed by atoms with Crippen molar-refractivity contribution in [3.63, 3.8) is 0 Å². The first-order chi connectivity index (χ1) is 14.5. The molecule has 1 aromatic carbocycles. The summed E-state index contributed by atoms with van der Waals surface area (Å²) < 4.78 is 6.46. The predicted octanol–water partition coefficient (Wildman–Crippen LogP) is 4.70. The lowest BCUT2D eigenvalue weighted by Crippen LogP contribution is -2.51. The first-order valence-electron chi connectivity index (χ1n) is 11.8. The van der Waals surface area contributed by atoms with Crippen molar-refractivity contribution in [2.24, 2.45) is 5.92 Å². The second-order valence-electron chi connectivity index (χ2n) is 10.9.